The number of esters is 1. The molecular weight excluding hydrogens is 234 g/mol. The molecule has 0 unspecified atom stereocenters. The molecule has 0 heterocycles. The van der Waals surface area contributed by atoms with Crippen molar-refractivity contribution in [1.29, 1.82) is 0 Å². The predicted octanol–water partition coefficient (Wildman–Crippen LogP) is -2.51. The number of carboxylic acid groups (broad SMARTS) is 1. The van der Waals surface area contributed by atoms with Crippen LogP contribution in [0.4, 0.5) is 0 Å². The number of hydrogen-bond acceptors (Lipinski definition) is 3. The summed E-state index contributed by atoms with van der Waals surface area (Å²) >= 11 is 0. The van der Waals surface area contributed by atoms with Crippen molar-refractivity contribution in [2.24, 2.45) is 0 Å². The summed E-state index contributed by atoms with van der Waals surface area (Å²) in [7, 11) is 5.21. The summed E-state index contributed by atoms with van der Waals surface area (Å²) in [5.41, 5.74) is 0. The molecule has 1 atom stereocenters. The molecule has 5 nitrogen and oxygen atoms in total. The van der Waals surface area contributed by atoms with Crippen molar-refractivity contribution in [3.05, 3.63) is 0 Å². The van der Waals surface area contributed by atoms with Crippen LogP contribution in [0.25, 0.3) is 0 Å². The molecule has 0 radical (unpaired) electrons. The van der Waals surface area contributed by atoms with Crippen molar-refractivity contribution >= 4 is 11.9 Å². The molecule has 0 saturated heterocycles. The molecule has 0 saturated carbocycles. The fourth-order valence-electron chi connectivity index (χ4n) is 1.13. The first-order valence-electron chi connectivity index (χ1n) is 6.90. The smallest absolute Gasteiger partial charge is 0.307 e. The maximum atomic E-state index is 11.6. The lowest BCUT2D eigenvalue weighted by atomic mass is 10.2. The van der Waals surface area contributed by atoms with Crippen molar-refractivity contribution in [2.75, 3.05) is 27.7 Å². The number of quaternary nitrogens is 1. The highest BCUT2D eigenvalue weighted by molar-refractivity contribution is 5.71. The second-order valence-electron chi connectivity index (χ2n) is 4.22. The van der Waals surface area contributed by atoms with Gasteiger partial charge < -0.3 is 26.7 Å². The molecule has 0 rings (SSSR count). The molecule has 0 aromatic carbocycles. The van der Waals surface area contributed by atoms with E-state index in [1.54, 1.807) is 21.1 Å². The van der Waals surface area contributed by atoms with Crippen molar-refractivity contribution in [3.8, 4) is 0 Å². The number of carboxylic acids is 1. The van der Waals surface area contributed by atoms with E-state index in [0.29, 0.717) is 0 Å². The van der Waals surface area contributed by atoms with Crippen molar-refractivity contribution in [1.82, 2.24) is 0 Å². The van der Waals surface area contributed by atoms with Gasteiger partial charge in [0.05, 0.1) is 27.6 Å². The molecule has 0 bridgehead atoms. The van der Waals surface area contributed by atoms with Gasteiger partial charge >= 0.3 is 11.9 Å². The molecular formula is C10H20ClNO4. The van der Waals surface area contributed by atoms with Crippen LogP contribution in [0.3, 0.4) is 0 Å². The number of rotatable bonds is 6. The van der Waals surface area contributed by atoms with Gasteiger partial charge in [-0.1, -0.05) is 6.85 Å². The minimum atomic E-state index is -3.17. The van der Waals surface area contributed by atoms with Crippen LogP contribution in [0.1, 0.15) is 26.5 Å². The van der Waals surface area contributed by atoms with Gasteiger partial charge in [0.2, 0.25) is 0 Å². The first-order chi connectivity index (χ1) is 8.67. The van der Waals surface area contributed by atoms with E-state index in [1.165, 1.54) is 0 Å². The summed E-state index contributed by atoms with van der Waals surface area (Å²) in [6, 6.07) is 0. The van der Waals surface area contributed by atoms with Gasteiger partial charge in [-0.25, -0.2) is 0 Å². The van der Waals surface area contributed by atoms with Crippen LogP contribution in [0, 0.1) is 0 Å². The minimum Gasteiger partial charge on any atom is -1.00 e. The molecule has 0 aliphatic heterocycles. The van der Waals surface area contributed by atoms with E-state index in [0.717, 1.165) is 0 Å². The van der Waals surface area contributed by atoms with Gasteiger partial charge in [0.1, 0.15) is 6.54 Å². The standard InChI is InChI=1S/C10H19NO4.ClH/c1-5-10(14)15-8(6-9(12)13)7-11(2,3)4;/h8H,5-7H2,1-4H3;1H/t8-;/m1./s1/i1D3,5D2;. The summed E-state index contributed by atoms with van der Waals surface area (Å²) < 4.78 is 40.5. The van der Waals surface area contributed by atoms with Crippen molar-refractivity contribution < 1.29 is 43.2 Å². The maximum Gasteiger partial charge on any atom is 0.307 e. The highest BCUT2D eigenvalue weighted by Crippen LogP contribution is 2.06. The normalized spacial score (nSPS) is 18.8. The summed E-state index contributed by atoms with van der Waals surface area (Å²) in [4.78, 5) is 22.4. The number of aliphatic carboxylic acids is 1. The topological polar surface area (TPSA) is 63.6 Å². The molecule has 16 heavy (non-hydrogen) atoms. The van der Waals surface area contributed by atoms with E-state index < -0.39 is 37.7 Å². The molecule has 0 aromatic rings. The predicted molar refractivity (Wildman–Crippen MR) is 55.3 cm³/mol. The number of ether oxygens (including phenoxy) is 1. The average molecular weight is 259 g/mol. The largest absolute Gasteiger partial charge is 1.00 e. The quantitative estimate of drug-likeness (QED) is 0.422. The maximum absolute atomic E-state index is 11.6. The number of carbonyl (C=O) groups is 2. The van der Waals surface area contributed by atoms with Gasteiger partial charge in [-0.3, -0.25) is 9.59 Å². The number of halogens is 1. The first-order valence-corrected chi connectivity index (χ1v) is 4.40. The lowest BCUT2D eigenvalue weighted by Crippen LogP contribution is -3.00. The van der Waals surface area contributed by atoms with E-state index in [4.69, 9.17) is 16.7 Å². The number of hydrogen-bond donors (Lipinski definition) is 1. The van der Waals surface area contributed by atoms with E-state index >= 15 is 0 Å². The van der Waals surface area contributed by atoms with Crippen LogP contribution < -0.4 is 12.4 Å². The Morgan fingerprint density at radius 3 is 2.44 bits per heavy atom. The van der Waals surface area contributed by atoms with Gasteiger partial charge in [-0.05, 0) is 0 Å². The second-order valence-corrected chi connectivity index (χ2v) is 4.22. The molecule has 0 aliphatic rings. The summed E-state index contributed by atoms with van der Waals surface area (Å²) in [6.45, 7) is -3.05. The van der Waals surface area contributed by atoms with Crippen molar-refractivity contribution in [3.63, 3.8) is 0 Å². The summed E-state index contributed by atoms with van der Waals surface area (Å²) in [6.07, 6.45) is -4.79. The fraction of sp³-hybridized carbons (Fsp3) is 0.800. The molecule has 6 heteroatoms. The minimum absolute atomic E-state index is 0. The second kappa shape index (κ2) is 7.46. The highest BCUT2D eigenvalue weighted by atomic mass is 35.5. The van der Waals surface area contributed by atoms with Crippen LogP contribution in [0.15, 0.2) is 0 Å². The molecule has 0 fully saturated rings. The third-order valence-corrected chi connectivity index (χ3v) is 1.53. The van der Waals surface area contributed by atoms with Crippen LogP contribution in [0.2, 0.25) is 0 Å². The Kier molecular flexibility index (Phi) is 4.31. The third kappa shape index (κ3) is 9.73. The molecule has 0 amide bonds. The van der Waals surface area contributed by atoms with Crippen LogP contribution in [-0.2, 0) is 14.3 Å². The Labute approximate surface area is 109 Å². The monoisotopic (exact) mass is 258 g/mol. The zero-order valence-electron chi connectivity index (χ0n) is 14.5. The lowest BCUT2D eigenvalue weighted by Gasteiger charge is -2.28. The van der Waals surface area contributed by atoms with Gasteiger partial charge in [-0.15, -0.1) is 0 Å². The van der Waals surface area contributed by atoms with Gasteiger partial charge in [0, 0.05) is 13.2 Å². The Morgan fingerprint density at radius 2 is 2.06 bits per heavy atom. The Morgan fingerprint density at radius 1 is 1.50 bits per heavy atom. The average Bonchev–Trinajstić information content (AvgIpc) is 2.10. The van der Waals surface area contributed by atoms with Crippen LogP contribution in [0.5, 0.6) is 0 Å². The van der Waals surface area contributed by atoms with Gasteiger partial charge in [0.15, 0.2) is 6.10 Å². The number of carbonyl (C=O) groups excluding carboxylic acids is 1. The molecule has 96 valence electrons. The number of likely N-dealkylation sites (N-methyl/N-ethyl adjacent to an activating group) is 1. The Balaban J connectivity index is 0. The highest BCUT2D eigenvalue weighted by Gasteiger charge is 2.23. The SMILES string of the molecule is [2H]C([2H])([2H])C([2H])([2H])C(=O)O[C@H](CC(=O)O)C[N+](C)(C)C.[Cl-]. The van der Waals surface area contributed by atoms with Crippen LogP contribution in [-0.4, -0.2) is 55.3 Å². The van der Waals surface area contributed by atoms with Gasteiger partial charge in [0.25, 0.3) is 0 Å². The summed E-state index contributed by atoms with van der Waals surface area (Å²) in [5, 5.41) is 8.75. The number of nitrogens with zero attached hydrogens (tertiary/aromatic N) is 1. The third-order valence-electron chi connectivity index (χ3n) is 1.53. The molecule has 0 aliphatic carbocycles. The molecule has 0 spiro atoms. The van der Waals surface area contributed by atoms with E-state index in [1.807, 2.05) is 0 Å². The van der Waals surface area contributed by atoms with Crippen molar-refractivity contribution in [2.45, 2.75) is 25.7 Å². The fourth-order valence-corrected chi connectivity index (χ4v) is 1.13. The van der Waals surface area contributed by atoms with E-state index in [2.05, 4.69) is 0 Å². The van der Waals surface area contributed by atoms with E-state index in [-0.39, 0.29) is 23.4 Å². The molecule has 1 N–H and O–H groups in total. The van der Waals surface area contributed by atoms with Crippen LogP contribution >= 0.6 is 0 Å². The zero-order chi connectivity index (χ0) is 16.4. The Hall–Kier alpha value is -0.810. The lowest BCUT2D eigenvalue weighted by molar-refractivity contribution is -0.873. The van der Waals surface area contributed by atoms with Gasteiger partial charge in [-0.2, -0.15) is 0 Å². The van der Waals surface area contributed by atoms with E-state index in [9.17, 15) is 9.59 Å². The first kappa shape index (κ1) is 9.24. The Bertz CT molecular complexity index is 381. The zero-order valence-corrected chi connectivity index (χ0v) is 10.2. The summed E-state index contributed by atoms with van der Waals surface area (Å²) in [5.74, 6) is -2.79. The molecule has 0 aromatic heterocycles.